The molecule has 0 aliphatic heterocycles. The lowest BCUT2D eigenvalue weighted by Crippen LogP contribution is -2.38. The number of carbonyl (C=O) groups is 1. The summed E-state index contributed by atoms with van der Waals surface area (Å²) < 4.78 is 14.1. The third kappa shape index (κ3) is 6.44. The predicted molar refractivity (Wildman–Crippen MR) is 136 cm³/mol. The summed E-state index contributed by atoms with van der Waals surface area (Å²) in [6.07, 6.45) is 1.19. The Hall–Kier alpha value is -1.67. The highest BCUT2D eigenvalue weighted by molar-refractivity contribution is 7.99. The van der Waals surface area contributed by atoms with Crippen molar-refractivity contribution in [1.29, 1.82) is 0 Å². The molecule has 1 heterocycles. The zero-order valence-electron chi connectivity index (χ0n) is 18.7. The fourth-order valence-electron chi connectivity index (χ4n) is 3.39. The number of hydrogen-bond acceptors (Lipinski definition) is 5. The van der Waals surface area contributed by atoms with E-state index in [4.69, 9.17) is 16.6 Å². The van der Waals surface area contributed by atoms with Gasteiger partial charge in [-0.05, 0) is 74.1 Å². The van der Waals surface area contributed by atoms with E-state index < -0.39 is 0 Å². The van der Waals surface area contributed by atoms with E-state index in [9.17, 15) is 9.18 Å². The Morgan fingerprint density at radius 3 is 2.53 bits per heavy atom. The Bertz CT molecular complexity index is 1040. The number of rotatable bonds is 11. The highest BCUT2D eigenvalue weighted by Crippen LogP contribution is 2.34. The van der Waals surface area contributed by atoms with Crippen molar-refractivity contribution in [2.75, 3.05) is 36.8 Å². The number of halogens is 2. The predicted octanol–water partition coefficient (Wildman–Crippen LogP) is 6.64. The van der Waals surface area contributed by atoms with Gasteiger partial charge in [-0.2, -0.15) is 0 Å². The maximum atomic E-state index is 13.2. The minimum absolute atomic E-state index is 0.0830. The number of thiazole rings is 1. The second-order valence-electron chi connectivity index (χ2n) is 7.49. The Balaban J connectivity index is 1.69. The zero-order chi connectivity index (χ0) is 23.1. The normalized spacial score (nSPS) is 11.4. The molecule has 1 aromatic heterocycles. The first-order valence-electron chi connectivity index (χ1n) is 10.9. The van der Waals surface area contributed by atoms with E-state index in [2.05, 4.69) is 18.7 Å². The van der Waals surface area contributed by atoms with Gasteiger partial charge in [-0.1, -0.05) is 36.8 Å². The summed E-state index contributed by atoms with van der Waals surface area (Å²) in [6, 6.07) is 10.3. The third-order valence-corrected chi connectivity index (χ3v) is 7.97. The molecule has 0 unspecified atom stereocenters. The first-order chi connectivity index (χ1) is 15.4. The lowest BCUT2D eigenvalue weighted by atomic mass is 10.2. The molecule has 0 bridgehead atoms. The molecule has 0 aliphatic rings. The van der Waals surface area contributed by atoms with E-state index in [1.807, 2.05) is 24.0 Å². The van der Waals surface area contributed by atoms with Crippen LogP contribution in [0.4, 0.5) is 9.52 Å². The van der Waals surface area contributed by atoms with Gasteiger partial charge in [0.1, 0.15) is 5.82 Å². The number of anilines is 1. The van der Waals surface area contributed by atoms with Gasteiger partial charge in [-0.15, -0.1) is 11.8 Å². The molecule has 1 amide bonds. The molecule has 0 N–H and O–H groups in total. The summed E-state index contributed by atoms with van der Waals surface area (Å²) in [5, 5.41) is 1.42. The number of hydrogen-bond donors (Lipinski definition) is 0. The van der Waals surface area contributed by atoms with Crippen molar-refractivity contribution < 1.29 is 9.18 Å². The third-order valence-electron chi connectivity index (χ3n) is 5.42. The zero-order valence-corrected chi connectivity index (χ0v) is 21.1. The highest BCUT2D eigenvalue weighted by atomic mass is 35.5. The first-order valence-corrected chi connectivity index (χ1v) is 13.1. The van der Waals surface area contributed by atoms with Crippen LogP contribution < -0.4 is 4.90 Å². The van der Waals surface area contributed by atoms with E-state index in [0.29, 0.717) is 18.0 Å². The lowest BCUT2D eigenvalue weighted by molar-refractivity contribution is -0.118. The van der Waals surface area contributed by atoms with Gasteiger partial charge >= 0.3 is 0 Å². The fourth-order valence-corrected chi connectivity index (χ4v) is 5.47. The van der Waals surface area contributed by atoms with Gasteiger partial charge < -0.3 is 4.90 Å². The molecule has 32 heavy (non-hydrogen) atoms. The smallest absolute Gasteiger partial charge is 0.228 e. The molecule has 4 nitrogen and oxygen atoms in total. The summed E-state index contributed by atoms with van der Waals surface area (Å²) in [5.41, 5.74) is 1.81. The molecule has 172 valence electrons. The second-order valence-corrected chi connectivity index (χ2v) is 10.1. The van der Waals surface area contributed by atoms with Crippen molar-refractivity contribution in [1.82, 2.24) is 9.88 Å². The number of thioether (sulfide) groups is 1. The van der Waals surface area contributed by atoms with Crippen LogP contribution in [-0.4, -0.2) is 47.7 Å². The Morgan fingerprint density at radius 1 is 1.12 bits per heavy atom. The number of carbonyl (C=O) groups excluding carboxylic acids is 1. The van der Waals surface area contributed by atoms with E-state index >= 15 is 0 Å². The average Bonchev–Trinajstić information content (AvgIpc) is 3.22. The van der Waals surface area contributed by atoms with Crippen molar-refractivity contribution in [2.24, 2.45) is 0 Å². The second kappa shape index (κ2) is 12.0. The molecule has 3 aromatic rings. The first kappa shape index (κ1) is 25.0. The van der Waals surface area contributed by atoms with Crippen molar-refractivity contribution >= 4 is 56.0 Å². The van der Waals surface area contributed by atoms with Crippen LogP contribution in [0, 0.1) is 12.7 Å². The van der Waals surface area contributed by atoms with E-state index in [0.717, 1.165) is 57.6 Å². The minimum Gasteiger partial charge on any atom is -0.302 e. The molecular weight excluding hydrogens is 465 g/mol. The number of fused-ring (bicyclic) bond motifs is 1. The fraction of sp³-hybridized carbons (Fsp3) is 0.417. The molecular formula is C24H29ClFN3OS2. The van der Waals surface area contributed by atoms with Crippen molar-refractivity contribution in [3.63, 3.8) is 0 Å². The average molecular weight is 494 g/mol. The number of benzene rings is 2. The van der Waals surface area contributed by atoms with Crippen molar-refractivity contribution in [3.8, 4) is 0 Å². The number of amides is 1. The van der Waals surface area contributed by atoms with Gasteiger partial charge in [0.25, 0.3) is 0 Å². The molecule has 0 saturated carbocycles. The van der Waals surface area contributed by atoms with Crippen molar-refractivity contribution in [3.05, 3.63) is 52.8 Å². The summed E-state index contributed by atoms with van der Waals surface area (Å²) in [4.78, 5) is 23.1. The Kier molecular flexibility index (Phi) is 9.34. The van der Waals surface area contributed by atoms with Gasteiger partial charge in [0.15, 0.2) is 5.13 Å². The van der Waals surface area contributed by atoms with Crippen LogP contribution >= 0.6 is 34.7 Å². The molecule has 3 rings (SSSR count). The highest BCUT2D eigenvalue weighted by Gasteiger charge is 2.21. The Morgan fingerprint density at radius 2 is 1.84 bits per heavy atom. The van der Waals surface area contributed by atoms with Crippen LogP contribution in [0.5, 0.6) is 0 Å². The number of aromatic nitrogens is 1. The van der Waals surface area contributed by atoms with Crippen LogP contribution in [0.3, 0.4) is 0 Å². The molecule has 2 aromatic carbocycles. The van der Waals surface area contributed by atoms with Gasteiger partial charge in [0.05, 0.1) is 10.2 Å². The molecule has 8 heteroatoms. The van der Waals surface area contributed by atoms with Gasteiger partial charge in [0, 0.05) is 29.4 Å². The van der Waals surface area contributed by atoms with Gasteiger partial charge in [-0.3, -0.25) is 9.69 Å². The standard InChI is InChI=1S/C24H29ClFN3OS2/c1-4-28(5-2)14-15-29(24-27-23-17(3)20(25)12-13-21(23)32-24)22(30)7-6-16-31-19-10-8-18(26)9-11-19/h8-13H,4-7,14-16H2,1-3H3. The van der Waals surface area contributed by atoms with Crippen LogP contribution in [0.15, 0.2) is 41.3 Å². The Labute approximate surface area is 202 Å². The summed E-state index contributed by atoms with van der Waals surface area (Å²) in [5.74, 6) is 0.649. The maximum Gasteiger partial charge on any atom is 0.228 e. The maximum absolute atomic E-state index is 13.2. The van der Waals surface area contributed by atoms with Crippen LogP contribution in [0.1, 0.15) is 32.3 Å². The number of aryl methyl sites for hydroxylation is 1. The minimum atomic E-state index is -0.235. The van der Waals surface area contributed by atoms with Gasteiger partial charge in [0.2, 0.25) is 5.91 Å². The SMILES string of the molecule is CCN(CC)CCN(C(=O)CCCSc1ccc(F)cc1)c1nc2c(C)c(Cl)ccc2s1. The molecule has 0 atom stereocenters. The van der Waals surface area contributed by atoms with E-state index in [-0.39, 0.29) is 11.7 Å². The van der Waals surface area contributed by atoms with Gasteiger partial charge in [-0.25, -0.2) is 9.37 Å². The molecule has 0 spiro atoms. The van der Waals surface area contributed by atoms with E-state index in [1.54, 1.807) is 23.9 Å². The van der Waals surface area contributed by atoms with Crippen molar-refractivity contribution in [2.45, 2.75) is 38.5 Å². The van der Waals surface area contributed by atoms with Crippen LogP contribution in [0.25, 0.3) is 10.2 Å². The monoisotopic (exact) mass is 493 g/mol. The summed E-state index contributed by atoms with van der Waals surface area (Å²) >= 11 is 9.45. The number of nitrogens with zero attached hydrogens (tertiary/aromatic N) is 3. The summed E-state index contributed by atoms with van der Waals surface area (Å²) in [7, 11) is 0. The van der Waals surface area contributed by atoms with Crippen LogP contribution in [0.2, 0.25) is 5.02 Å². The number of likely N-dealkylation sites (N-methyl/N-ethyl adjacent to an activating group) is 1. The largest absolute Gasteiger partial charge is 0.302 e. The van der Waals surface area contributed by atoms with Crippen LogP contribution in [-0.2, 0) is 4.79 Å². The van der Waals surface area contributed by atoms with E-state index in [1.165, 1.54) is 23.5 Å². The molecule has 0 radical (unpaired) electrons. The molecule has 0 fully saturated rings. The topological polar surface area (TPSA) is 36.4 Å². The quantitative estimate of drug-likeness (QED) is 0.221. The summed E-state index contributed by atoms with van der Waals surface area (Å²) in [6.45, 7) is 9.53. The molecule has 0 aliphatic carbocycles. The molecule has 0 saturated heterocycles. The lowest BCUT2D eigenvalue weighted by Gasteiger charge is -2.24.